The summed E-state index contributed by atoms with van der Waals surface area (Å²) in [5, 5.41) is 3.04. The zero-order valence-electron chi connectivity index (χ0n) is 27.1. The summed E-state index contributed by atoms with van der Waals surface area (Å²) in [5.74, 6) is -0.345. The van der Waals surface area contributed by atoms with Crippen LogP contribution in [0.15, 0.2) is 112 Å². The van der Waals surface area contributed by atoms with Gasteiger partial charge in [0.2, 0.25) is 11.8 Å². The largest absolute Gasteiger partial charge is 0.497 e. The van der Waals surface area contributed by atoms with Crippen molar-refractivity contribution >= 4 is 43.5 Å². The molecule has 11 heteroatoms. The number of rotatable bonds is 13. The Morgan fingerprint density at radius 3 is 2.06 bits per heavy atom. The van der Waals surface area contributed by atoms with Gasteiger partial charge in [-0.05, 0) is 68.3 Å². The molecule has 0 radical (unpaired) electrons. The van der Waals surface area contributed by atoms with Crippen molar-refractivity contribution in [2.45, 2.75) is 50.2 Å². The zero-order chi connectivity index (χ0) is 34.2. The van der Waals surface area contributed by atoms with Crippen molar-refractivity contribution in [2.75, 3.05) is 25.1 Å². The van der Waals surface area contributed by atoms with Crippen molar-refractivity contribution in [1.29, 1.82) is 0 Å². The number of benzene rings is 4. The summed E-state index contributed by atoms with van der Waals surface area (Å²) in [6.07, 6.45) is 0.205. The third-order valence-corrected chi connectivity index (χ3v) is 9.54. The number of anilines is 1. The molecule has 0 aromatic heterocycles. The van der Waals surface area contributed by atoms with Gasteiger partial charge in [0.1, 0.15) is 24.1 Å². The Morgan fingerprint density at radius 2 is 1.47 bits per heavy atom. The summed E-state index contributed by atoms with van der Waals surface area (Å²) in [7, 11) is -1.42. The minimum atomic E-state index is -4.31. The van der Waals surface area contributed by atoms with Gasteiger partial charge in [0.25, 0.3) is 10.0 Å². The number of hydrogen-bond donors (Lipinski definition) is 1. The van der Waals surface area contributed by atoms with E-state index in [4.69, 9.17) is 9.47 Å². The molecule has 4 rings (SSSR count). The Labute approximate surface area is 285 Å². The van der Waals surface area contributed by atoms with Crippen LogP contribution in [0, 0.1) is 0 Å². The van der Waals surface area contributed by atoms with Crippen LogP contribution in [0.5, 0.6) is 11.5 Å². The summed E-state index contributed by atoms with van der Waals surface area (Å²) in [4.78, 5) is 30.2. The van der Waals surface area contributed by atoms with E-state index >= 15 is 0 Å². The highest BCUT2D eigenvalue weighted by Gasteiger charge is 2.36. The molecule has 9 nitrogen and oxygen atoms in total. The molecule has 1 atom stereocenters. The second-order valence-corrected chi connectivity index (χ2v) is 14.7. The van der Waals surface area contributed by atoms with Gasteiger partial charge in [0.15, 0.2) is 0 Å². The minimum absolute atomic E-state index is 0.0116. The third kappa shape index (κ3) is 9.36. The molecule has 0 fully saturated rings. The van der Waals surface area contributed by atoms with E-state index in [1.807, 2.05) is 75.4 Å². The number of halogens is 1. The van der Waals surface area contributed by atoms with Crippen molar-refractivity contribution in [3.8, 4) is 11.5 Å². The van der Waals surface area contributed by atoms with Crippen LogP contribution < -0.4 is 19.1 Å². The molecule has 0 heterocycles. The number of hydrogen-bond acceptors (Lipinski definition) is 6. The van der Waals surface area contributed by atoms with E-state index < -0.39 is 34.1 Å². The van der Waals surface area contributed by atoms with Crippen molar-refractivity contribution in [2.24, 2.45) is 0 Å². The van der Waals surface area contributed by atoms with Crippen LogP contribution in [0.25, 0.3) is 0 Å². The molecule has 4 aromatic carbocycles. The summed E-state index contributed by atoms with van der Waals surface area (Å²) in [6.45, 7) is 5.03. The fraction of sp³-hybridized carbons (Fsp3) is 0.278. The van der Waals surface area contributed by atoms with Gasteiger partial charge in [0, 0.05) is 29.0 Å². The monoisotopic (exact) mass is 721 g/mol. The maximum atomic E-state index is 14.7. The summed E-state index contributed by atoms with van der Waals surface area (Å²) >= 11 is 3.50. The normalized spacial score (nSPS) is 12.1. The first-order valence-corrected chi connectivity index (χ1v) is 17.3. The average molecular weight is 723 g/mol. The van der Waals surface area contributed by atoms with E-state index in [1.165, 1.54) is 37.3 Å². The van der Waals surface area contributed by atoms with Gasteiger partial charge in [-0.2, -0.15) is 0 Å². The van der Waals surface area contributed by atoms with Crippen LogP contribution in [0.3, 0.4) is 0 Å². The first-order chi connectivity index (χ1) is 22.3. The third-order valence-electron chi connectivity index (χ3n) is 7.28. The Balaban J connectivity index is 1.87. The molecule has 0 aliphatic heterocycles. The van der Waals surface area contributed by atoms with Gasteiger partial charge in [-0.3, -0.25) is 13.9 Å². The molecule has 47 heavy (non-hydrogen) atoms. The van der Waals surface area contributed by atoms with E-state index in [0.29, 0.717) is 5.75 Å². The molecular weight excluding hydrogens is 682 g/mol. The van der Waals surface area contributed by atoms with Crippen LogP contribution >= 0.6 is 15.9 Å². The SMILES string of the molecule is COc1ccc(OC)c(N(CC(=O)N(Cc2cccc(Br)c2)[C@H](Cc2ccccc2)C(=O)NC(C)(C)C)S(=O)(=O)c2ccccc2)c1. The molecule has 2 amide bonds. The van der Waals surface area contributed by atoms with Crippen LogP contribution in [-0.2, 0) is 32.6 Å². The van der Waals surface area contributed by atoms with E-state index in [1.54, 1.807) is 30.3 Å². The molecule has 0 spiro atoms. The molecule has 0 unspecified atom stereocenters. The van der Waals surface area contributed by atoms with E-state index in [2.05, 4.69) is 21.2 Å². The summed E-state index contributed by atoms with van der Waals surface area (Å²) in [6, 6.07) is 28.5. The molecule has 248 valence electrons. The number of carbonyl (C=O) groups is 2. The van der Waals surface area contributed by atoms with Gasteiger partial charge in [-0.15, -0.1) is 0 Å². The predicted octanol–water partition coefficient (Wildman–Crippen LogP) is 6.22. The Kier molecular flexibility index (Phi) is 11.7. The number of nitrogens with zero attached hydrogens (tertiary/aromatic N) is 2. The Hall–Kier alpha value is -4.35. The van der Waals surface area contributed by atoms with Crippen LogP contribution in [-0.4, -0.2) is 57.5 Å². The number of amides is 2. The van der Waals surface area contributed by atoms with E-state index in [9.17, 15) is 18.0 Å². The highest BCUT2D eigenvalue weighted by atomic mass is 79.9. The van der Waals surface area contributed by atoms with Crippen LogP contribution in [0.4, 0.5) is 5.69 Å². The molecule has 1 N–H and O–H groups in total. The Morgan fingerprint density at radius 1 is 0.830 bits per heavy atom. The lowest BCUT2D eigenvalue weighted by molar-refractivity contribution is -0.140. The van der Waals surface area contributed by atoms with E-state index in [0.717, 1.165) is 19.9 Å². The molecule has 0 saturated carbocycles. The van der Waals surface area contributed by atoms with Gasteiger partial charge in [-0.1, -0.05) is 76.6 Å². The van der Waals surface area contributed by atoms with Gasteiger partial charge < -0.3 is 19.7 Å². The summed E-state index contributed by atoms with van der Waals surface area (Å²) in [5.41, 5.74) is 1.13. The maximum absolute atomic E-state index is 14.7. The molecule has 4 aromatic rings. The lowest BCUT2D eigenvalue weighted by atomic mass is 10.0. The predicted molar refractivity (Wildman–Crippen MR) is 187 cm³/mol. The zero-order valence-corrected chi connectivity index (χ0v) is 29.5. The minimum Gasteiger partial charge on any atom is -0.497 e. The number of methoxy groups -OCH3 is 2. The number of ether oxygens (including phenoxy) is 2. The fourth-order valence-electron chi connectivity index (χ4n) is 5.06. The van der Waals surface area contributed by atoms with E-state index in [-0.39, 0.29) is 35.2 Å². The smallest absolute Gasteiger partial charge is 0.264 e. The lowest BCUT2D eigenvalue weighted by Crippen LogP contribution is -2.56. The van der Waals surface area contributed by atoms with Crippen LogP contribution in [0.2, 0.25) is 0 Å². The van der Waals surface area contributed by atoms with Crippen molar-refractivity contribution in [3.63, 3.8) is 0 Å². The highest BCUT2D eigenvalue weighted by Crippen LogP contribution is 2.36. The van der Waals surface area contributed by atoms with Crippen molar-refractivity contribution < 1.29 is 27.5 Å². The number of carbonyl (C=O) groups excluding carboxylic acids is 2. The maximum Gasteiger partial charge on any atom is 0.264 e. The van der Waals surface area contributed by atoms with Gasteiger partial charge >= 0.3 is 0 Å². The molecule has 0 bridgehead atoms. The van der Waals surface area contributed by atoms with Gasteiger partial charge in [0.05, 0.1) is 24.8 Å². The topological polar surface area (TPSA) is 105 Å². The first-order valence-electron chi connectivity index (χ1n) is 15.0. The quantitative estimate of drug-likeness (QED) is 0.176. The Bertz CT molecular complexity index is 1780. The first kappa shape index (κ1) is 35.5. The molecule has 0 aliphatic carbocycles. The second-order valence-electron chi connectivity index (χ2n) is 12.0. The van der Waals surface area contributed by atoms with Gasteiger partial charge in [-0.25, -0.2) is 8.42 Å². The fourth-order valence-corrected chi connectivity index (χ4v) is 6.95. The number of nitrogens with one attached hydrogen (secondary N) is 1. The highest BCUT2D eigenvalue weighted by molar-refractivity contribution is 9.10. The lowest BCUT2D eigenvalue weighted by Gasteiger charge is -2.35. The van der Waals surface area contributed by atoms with Crippen molar-refractivity contribution in [3.05, 3.63) is 119 Å². The molecule has 0 saturated heterocycles. The van der Waals surface area contributed by atoms with Crippen LogP contribution in [0.1, 0.15) is 31.9 Å². The molecule has 0 aliphatic rings. The van der Waals surface area contributed by atoms with Crippen molar-refractivity contribution in [1.82, 2.24) is 10.2 Å². The molecular formula is C36H40BrN3O6S. The number of sulfonamides is 1. The summed E-state index contributed by atoms with van der Waals surface area (Å²) < 4.78 is 41.4. The average Bonchev–Trinajstić information content (AvgIpc) is 3.04. The standard InChI is InChI=1S/C36H40BrN3O6S/c1-36(2,3)38-35(42)32(22-26-13-8-6-9-14-26)39(24-27-15-12-16-28(37)21-27)34(41)25-40(47(43,44)30-17-10-7-11-18-30)31-23-29(45-4)19-20-33(31)46-5/h6-21,23,32H,22,24-25H2,1-5H3,(H,38,42)/t32-/m1/s1. The second kappa shape index (κ2) is 15.5.